The summed E-state index contributed by atoms with van der Waals surface area (Å²) >= 11 is 5.82. The summed E-state index contributed by atoms with van der Waals surface area (Å²) in [5.74, 6) is -0.934. The van der Waals surface area contributed by atoms with Gasteiger partial charge in [-0.05, 0) is 32.0 Å². The molecule has 0 saturated heterocycles. The van der Waals surface area contributed by atoms with E-state index >= 15 is 0 Å². The molecular formula is C15H16ClN3O4. The third kappa shape index (κ3) is 4.23. The number of amides is 1. The standard InChI is InChI=1S/C15H16ClN3O4/c1-15(2,14(21)22)19-8-11(7-17-19)18-13(20)9-23-12-5-3-4-10(16)6-12/h3-8H,9H2,1-2H3,(H,18,20)(H,21,22). The van der Waals surface area contributed by atoms with Gasteiger partial charge >= 0.3 is 5.97 Å². The minimum Gasteiger partial charge on any atom is -0.484 e. The Hall–Kier alpha value is -2.54. The average Bonchev–Trinajstić information content (AvgIpc) is 2.94. The zero-order valence-corrected chi connectivity index (χ0v) is 13.4. The van der Waals surface area contributed by atoms with Gasteiger partial charge < -0.3 is 15.2 Å². The third-order valence-electron chi connectivity index (χ3n) is 3.13. The van der Waals surface area contributed by atoms with E-state index in [0.29, 0.717) is 16.5 Å². The number of aliphatic carboxylic acids is 1. The highest BCUT2D eigenvalue weighted by molar-refractivity contribution is 6.30. The second-order valence-corrected chi connectivity index (χ2v) is 5.77. The van der Waals surface area contributed by atoms with Crippen molar-refractivity contribution in [3.8, 4) is 5.75 Å². The number of nitrogens with zero attached hydrogens (tertiary/aromatic N) is 2. The van der Waals surface area contributed by atoms with E-state index in [1.165, 1.54) is 30.9 Å². The number of benzene rings is 1. The maximum absolute atomic E-state index is 11.8. The first-order valence-corrected chi connectivity index (χ1v) is 7.13. The van der Waals surface area contributed by atoms with Crippen molar-refractivity contribution in [1.29, 1.82) is 0 Å². The number of anilines is 1. The van der Waals surface area contributed by atoms with Gasteiger partial charge in [-0.3, -0.25) is 9.48 Å². The second-order valence-electron chi connectivity index (χ2n) is 5.33. The van der Waals surface area contributed by atoms with Gasteiger partial charge in [0.15, 0.2) is 12.1 Å². The van der Waals surface area contributed by atoms with Crippen molar-refractivity contribution in [3.63, 3.8) is 0 Å². The first kappa shape index (κ1) is 16.8. The number of ether oxygens (including phenoxy) is 1. The van der Waals surface area contributed by atoms with Gasteiger partial charge in [-0.15, -0.1) is 0 Å². The molecule has 2 aromatic rings. The third-order valence-corrected chi connectivity index (χ3v) is 3.36. The molecule has 1 aromatic heterocycles. The normalized spacial score (nSPS) is 11.1. The van der Waals surface area contributed by atoms with Crippen LogP contribution in [-0.2, 0) is 15.1 Å². The fraction of sp³-hybridized carbons (Fsp3) is 0.267. The van der Waals surface area contributed by atoms with Gasteiger partial charge in [0.1, 0.15) is 5.75 Å². The number of nitrogens with one attached hydrogen (secondary N) is 1. The Morgan fingerprint density at radius 3 is 2.83 bits per heavy atom. The number of aromatic nitrogens is 2. The molecule has 0 fully saturated rings. The number of hydrogen-bond acceptors (Lipinski definition) is 4. The molecule has 1 aromatic carbocycles. The molecule has 0 spiro atoms. The van der Waals surface area contributed by atoms with Crippen LogP contribution in [-0.4, -0.2) is 33.4 Å². The number of carboxylic acid groups (broad SMARTS) is 1. The van der Waals surface area contributed by atoms with Crippen LogP contribution in [0.5, 0.6) is 5.75 Å². The molecule has 1 heterocycles. The molecule has 8 heteroatoms. The van der Waals surface area contributed by atoms with Crippen LogP contribution in [0, 0.1) is 0 Å². The van der Waals surface area contributed by atoms with Crippen LogP contribution in [0.2, 0.25) is 5.02 Å². The zero-order chi connectivity index (χ0) is 17.0. The number of hydrogen-bond donors (Lipinski definition) is 2. The lowest BCUT2D eigenvalue weighted by Gasteiger charge is -2.19. The largest absolute Gasteiger partial charge is 0.484 e. The van der Waals surface area contributed by atoms with Crippen LogP contribution < -0.4 is 10.1 Å². The molecule has 0 bridgehead atoms. The van der Waals surface area contributed by atoms with E-state index in [9.17, 15) is 9.59 Å². The summed E-state index contributed by atoms with van der Waals surface area (Å²) in [6, 6.07) is 6.70. The number of carbonyl (C=O) groups excluding carboxylic acids is 1. The van der Waals surface area contributed by atoms with Crippen molar-refractivity contribution in [2.75, 3.05) is 11.9 Å². The highest BCUT2D eigenvalue weighted by atomic mass is 35.5. The number of rotatable bonds is 6. The van der Waals surface area contributed by atoms with Crippen LogP contribution in [0.4, 0.5) is 5.69 Å². The van der Waals surface area contributed by atoms with Crippen LogP contribution in [0.15, 0.2) is 36.7 Å². The predicted octanol–water partition coefficient (Wildman–Crippen LogP) is 2.37. The van der Waals surface area contributed by atoms with Crippen molar-refractivity contribution < 1.29 is 19.4 Å². The van der Waals surface area contributed by atoms with Gasteiger partial charge in [-0.25, -0.2) is 4.79 Å². The first-order valence-electron chi connectivity index (χ1n) is 6.76. The van der Waals surface area contributed by atoms with Gasteiger partial charge in [-0.1, -0.05) is 17.7 Å². The van der Waals surface area contributed by atoms with E-state index in [1.54, 1.807) is 24.3 Å². The molecule has 0 aliphatic rings. The molecular weight excluding hydrogens is 322 g/mol. The summed E-state index contributed by atoms with van der Waals surface area (Å²) in [4.78, 5) is 23.0. The van der Waals surface area contributed by atoms with Gasteiger partial charge in [0.25, 0.3) is 5.91 Å². The molecule has 0 saturated carbocycles. The van der Waals surface area contributed by atoms with Gasteiger partial charge in [0.05, 0.1) is 11.9 Å². The molecule has 2 N–H and O–H groups in total. The summed E-state index contributed by atoms with van der Waals surface area (Å²) in [5.41, 5.74) is -0.820. The number of halogens is 1. The Kier molecular flexibility index (Phi) is 4.90. The van der Waals surface area contributed by atoms with Crippen LogP contribution in [0.25, 0.3) is 0 Å². The second kappa shape index (κ2) is 6.70. The highest BCUT2D eigenvalue weighted by Gasteiger charge is 2.30. The Bertz CT molecular complexity index is 727. The van der Waals surface area contributed by atoms with Gasteiger partial charge in [0.2, 0.25) is 0 Å². The van der Waals surface area contributed by atoms with E-state index in [-0.39, 0.29) is 6.61 Å². The van der Waals surface area contributed by atoms with E-state index in [0.717, 1.165) is 0 Å². The van der Waals surface area contributed by atoms with Crippen molar-refractivity contribution in [2.24, 2.45) is 0 Å². The molecule has 0 aliphatic heterocycles. The molecule has 23 heavy (non-hydrogen) atoms. The summed E-state index contributed by atoms with van der Waals surface area (Å²) in [6.07, 6.45) is 2.83. The highest BCUT2D eigenvalue weighted by Crippen LogP contribution is 2.18. The minimum atomic E-state index is -1.21. The Morgan fingerprint density at radius 1 is 1.43 bits per heavy atom. The molecule has 0 radical (unpaired) electrons. The smallest absolute Gasteiger partial charge is 0.331 e. The maximum Gasteiger partial charge on any atom is 0.331 e. The average molecular weight is 338 g/mol. The summed E-state index contributed by atoms with van der Waals surface area (Å²) in [6.45, 7) is 2.82. The number of carboxylic acids is 1. The maximum atomic E-state index is 11.8. The fourth-order valence-electron chi connectivity index (χ4n) is 1.69. The Balaban J connectivity index is 1.93. The van der Waals surface area contributed by atoms with Crippen LogP contribution in [0.1, 0.15) is 13.8 Å². The van der Waals surface area contributed by atoms with E-state index in [4.69, 9.17) is 21.4 Å². The SMILES string of the molecule is CC(C)(C(=O)O)n1cc(NC(=O)COc2cccc(Cl)c2)cn1. The van der Waals surface area contributed by atoms with Gasteiger partial charge in [0, 0.05) is 11.2 Å². The monoisotopic (exact) mass is 337 g/mol. The lowest BCUT2D eigenvalue weighted by atomic mass is 10.1. The molecule has 2 rings (SSSR count). The fourth-order valence-corrected chi connectivity index (χ4v) is 1.87. The Morgan fingerprint density at radius 2 is 2.17 bits per heavy atom. The van der Waals surface area contributed by atoms with Gasteiger partial charge in [-0.2, -0.15) is 5.10 Å². The van der Waals surface area contributed by atoms with E-state index < -0.39 is 17.4 Å². The van der Waals surface area contributed by atoms with Crippen molar-refractivity contribution in [1.82, 2.24) is 9.78 Å². The molecule has 0 aliphatic carbocycles. The van der Waals surface area contributed by atoms with E-state index in [2.05, 4.69) is 10.4 Å². The van der Waals surface area contributed by atoms with Crippen LogP contribution >= 0.6 is 11.6 Å². The first-order chi connectivity index (χ1) is 10.8. The molecule has 7 nitrogen and oxygen atoms in total. The summed E-state index contributed by atoms with van der Waals surface area (Å²) < 4.78 is 6.58. The van der Waals surface area contributed by atoms with E-state index in [1.807, 2.05) is 0 Å². The van der Waals surface area contributed by atoms with Crippen molar-refractivity contribution >= 4 is 29.2 Å². The molecule has 1 amide bonds. The minimum absolute atomic E-state index is 0.201. The number of carbonyl (C=O) groups is 2. The lowest BCUT2D eigenvalue weighted by Crippen LogP contribution is -2.35. The molecule has 0 atom stereocenters. The summed E-state index contributed by atoms with van der Waals surface area (Å²) in [5, 5.41) is 16.2. The van der Waals surface area contributed by atoms with Crippen LogP contribution in [0.3, 0.4) is 0 Å². The zero-order valence-electron chi connectivity index (χ0n) is 12.6. The van der Waals surface area contributed by atoms with Crippen molar-refractivity contribution in [3.05, 3.63) is 41.7 Å². The topological polar surface area (TPSA) is 93.5 Å². The van der Waals surface area contributed by atoms with Crippen molar-refractivity contribution in [2.45, 2.75) is 19.4 Å². The Labute approximate surface area is 137 Å². The molecule has 122 valence electrons. The quantitative estimate of drug-likeness (QED) is 0.844. The predicted molar refractivity (Wildman–Crippen MR) is 84.8 cm³/mol. The summed E-state index contributed by atoms with van der Waals surface area (Å²) in [7, 11) is 0. The lowest BCUT2D eigenvalue weighted by molar-refractivity contribution is -0.146. The molecule has 0 unspecified atom stereocenters.